The lowest BCUT2D eigenvalue weighted by Crippen LogP contribution is -1.99. The molecule has 0 radical (unpaired) electrons. The van der Waals surface area contributed by atoms with Gasteiger partial charge in [0.1, 0.15) is 22.5 Å². The third-order valence-corrected chi connectivity index (χ3v) is 3.38. The Hall–Kier alpha value is -2.07. The van der Waals surface area contributed by atoms with Crippen LogP contribution in [0.15, 0.2) is 51.0 Å². The molecule has 1 N–H and O–H groups in total. The number of hydrogen-bond acceptors (Lipinski definition) is 4. The van der Waals surface area contributed by atoms with Gasteiger partial charge < -0.3 is 9.52 Å². The van der Waals surface area contributed by atoms with Crippen LogP contribution >= 0.6 is 11.3 Å². The molecule has 3 nitrogen and oxygen atoms in total. The summed E-state index contributed by atoms with van der Waals surface area (Å²) in [7, 11) is 0. The lowest BCUT2D eigenvalue weighted by Gasteiger charge is -2.01. The van der Waals surface area contributed by atoms with Gasteiger partial charge in [-0.1, -0.05) is 12.1 Å². The van der Waals surface area contributed by atoms with Crippen LogP contribution in [0, 0.1) is 0 Å². The fourth-order valence-corrected chi connectivity index (χ4v) is 2.41. The van der Waals surface area contributed by atoms with Gasteiger partial charge in [0.15, 0.2) is 5.43 Å². The number of rotatable bonds is 1. The van der Waals surface area contributed by atoms with E-state index in [4.69, 9.17) is 4.42 Å². The van der Waals surface area contributed by atoms with Gasteiger partial charge in [-0.05, 0) is 23.6 Å². The Balaban J connectivity index is 2.36. The predicted molar refractivity (Wildman–Crippen MR) is 67.5 cm³/mol. The van der Waals surface area contributed by atoms with Crippen LogP contribution in [0.2, 0.25) is 0 Å². The number of hydrogen-bond donors (Lipinski definition) is 1. The topological polar surface area (TPSA) is 50.4 Å². The molecule has 0 bridgehead atoms. The van der Waals surface area contributed by atoms with Crippen molar-refractivity contribution < 1.29 is 9.52 Å². The highest BCUT2D eigenvalue weighted by Crippen LogP contribution is 2.28. The molecule has 0 aliphatic heterocycles. The molecule has 17 heavy (non-hydrogen) atoms. The van der Waals surface area contributed by atoms with E-state index in [-0.39, 0.29) is 16.6 Å². The van der Waals surface area contributed by atoms with E-state index in [1.807, 2.05) is 17.5 Å². The fraction of sp³-hybridized carbons (Fsp3) is 0. The van der Waals surface area contributed by atoms with Gasteiger partial charge in [0, 0.05) is 6.07 Å². The van der Waals surface area contributed by atoms with Crippen molar-refractivity contribution in [2.45, 2.75) is 0 Å². The largest absolute Gasteiger partial charge is 0.507 e. The van der Waals surface area contributed by atoms with E-state index in [9.17, 15) is 9.90 Å². The van der Waals surface area contributed by atoms with Crippen molar-refractivity contribution in [1.82, 2.24) is 0 Å². The molecule has 0 amide bonds. The Morgan fingerprint density at radius 1 is 1.18 bits per heavy atom. The van der Waals surface area contributed by atoms with Gasteiger partial charge >= 0.3 is 0 Å². The van der Waals surface area contributed by atoms with Crippen molar-refractivity contribution in [3.05, 3.63) is 52.0 Å². The quantitative estimate of drug-likeness (QED) is 0.715. The van der Waals surface area contributed by atoms with Crippen LogP contribution in [-0.4, -0.2) is 5.11 Å². The van der Waals surface area contributed by atoms with Gasteiger partial charge in [-0.25, -0.2) is 0 Å². The van der Waals surface area contributed by atoms with E-state index in [0.717, 1.165) is 4.88 Å². The average molecular weight is 244 g/mol. The molecule has 3 aromatic rings. The molecule has 0 spiro atoms. The summed E-state index contributed by atoms with van der Waals surface area (Å²) in [6.07, 6.45) is 0. The van der Waals surface area contributed by atoms with Crippen molar-refractivity contribution in [2.24, 2.45) is 0 Å². The van der Waals surface area contributed by atoms with Crippen LogP contribution in [0.4, 0.5) is 0 Å². The van der Waals surface area contributed by atoms with Crippen molar-refractivity contribution in [3.63, 3.8) is 0 Å². The number of thiophene rings is 1. The number of phenolic OH excluding ortho intramolecular Hbond substituents is 1. The van der Waals surface area contributed by atoms with Crippen molar-refractivity contribution >= 4 is 22.3 Å². The zero-order valence-corrected chi connectivity index (χ0v) is 9.53. The van der Waals surface area contributed by atoms with Crippen molar-refractivity contribution in [3.8, 4) is 16.4 Å². The Kier molecular flexibility index (Phi) is 2.23. The van der Waals surface area contributed by atoms with Crippen molar-refractivity contribution in [1.29, 1.82) is 0 Å². The lowest BCUT2D eigenvalue weighted by atomic mass is 10.2. The third-order valence-electron chi connectivity index (χ3n) is 2.50. The molecule has 2 aromatic heterocycles. The first kappa shape index (κ1) is 10.1. The number of phenols is 1. The molecule has 2 heterocycles. The number of fused-ring (bicyclic) bond motifs is 1. The minimum Gasteiger partial charge on any atom is -0.507 e. The van der Waals surface area contributed by atoms with Crippen LogP contribution < -0.4 is 5.43 Å². The maximum absolute atomic E-state index is 11.9. The Labute approximate surface area is 101 Å². The summed E-state index contributed by atoms with van der Waals surface area (Å²) < 4.78 is 5.62. The Morgan fingerprint density at radius 3 is 2.82 bits per heavy atom. The molecule has 84 valence electrons. The fourth-order valence-electron chi connectivity index (χ4n) is 1.73. The first-order chi connectivity index (χ1) is 8.25. The molecule has 0 aliphatic rings. The van der Waals surface area contributed by atoms with Gasteiger partial charge in [0.2, 0.25) is 0 Å². The smallest absolute Gasteiger partial charge is 0.197 e. The normalized spacial score (nSPS) is 10.8. The minimum atomic E-state index is -0.229. The lowest BCUT2D eigenvalue weighted by molar-refractivity contribution is 0.480. The van der Waals surface area contributed by atoms with Crippen molar-refractivity contribution in [2.75, 3.05) is 0 Å². The monoisotopic (exact) mass is 244 g/mol. The second kappa shape index (κ2) is 3.75. The van der Waals surface area contributed by atoms with Crippen LogP contribution in [0.3, 0.4) is 0 Å². The van der Waals surface area contributed by atoms with Gasteiger partial charge in [-0.15, -0.1) is 11.3 Å². The van der Waals surface area contributed by atoms with Crippen LogP contribution in [-0.2, 0) is 0 Å². The van der Waals surface area contributed by atoms with Crippen LogP contribution in [0.25, 0.3) is 21.6 Å². The predicted octanol–water partition coefficient (Wildman–Crippen LogP) is 3.23. The molecular weight excluding hydrogens is 236 g/mol. The summed E-state index contributed by atoms with van der Waals surface area (Å²) in [4.78, 5) is 12.8. The Morgan fingerprint density at radius 2 is 2.06 bits per heavy atom. The van der Waals surface area contributed by atoms with Gasteiger partial charge in [-0.3, -0.25) is 4.79 Å². The standard InChI is InChI=1S/C13H8O3S/c14-8-3-1-4-10-13(8)9(15)7-11(16-10)12-5-2-6-17-12/h1-7,14H. The molecule has 4 heteroatoms. The highest BCUT2D eigenvalue weighted by molar-refractivity contribution is 7.13. The Bertz CT molecular complexity index is 726. The van der Waals surface area contributed by atoms with E-state index in [1.54, 1.807) is 12.1 Å². The maximum Gasteiger partial charge on any atom is 0.197 e. The maximum atomic E-state index is 11.9. The first-order valence-electron chi connectivity index (χ1n) is 5.05. The van der Waals surface area contributed by atoms with Crippen LogP contribution in [0.5, 0.6) is 5.75 Å². The van der Waals surface area contributed by atoms with E-state index in [1.165, 1.54) is 23.5 Å². The highest BCUT2D eigenvalue weighted by atomic mass is 32.1. The van der Waals surface area contributed by atoms with Gasteiger partial charge in [-0.2, -0.15) is 0 Å². The zero-order valence-electron chi connectivity index (χ0n) is 8.71. The van der Waals surface area contributed by atoms with E-state index < -0.39 is 0 Å². The van der Waals surface area contributed by atoms with Gasteiger partial charge in [0.25, 0.3) is 0 Å². The second-order valence-electron chi connectivity index (χ2n) is 3.60. The summed E-state index contributed by atoms with van der Waals surface area (Å²) in [5, 5.41) is 11.8. The number of aromatic hydroxyl groups is 1. The average Bonchev–Trinajstić information content (AvgIpc) is 2.81. The number of benzene rings is 1. The molecule has 0 aliphatic carbocycles. The molecule has 0 atom stereocenters. The van der Waals surface area contributed by atoms with E-state index >= 15 is 0 Å². The molecule has 3 rings (SSSR count). The summed E-state index contributed by atoms with van der Waals surface area (Å²) in [5.41, 5.74) is 0.175. The van der Waals surface area contributed by atoms with E-state index in [2.05, 4.69) is 0 Å². The first-order valence-corrected chi connectivity index (χ1v) is 5.93. The summed E-state index contributed by atoms with van der Waals surface area (Å²) >= 11 is 1.50. The zero-order chi connectivity index (χ0) is 11.8. The molecule has 0 saturated carbocycles. The third kappa shape index (κ3) is 1.62. The SMILES string of the molecule is O=c1cc(-c2cccs2)oc2cccc(O)c12. The summed E-state index contributed by atoms with van der Waals surface area (Å²) in [6.45, 7) is 0. The van der Waals surface area contributed by atoms with E-state index in [0.29, 0.717) is 11.3 Å². The molecule has 0 unspecified atom stereocenters. The molecule has 0 fully saturated rings. The van der Waals surface area contributed by atoms with Gasteiger partial charge in [0.05, 0.1) is 4.88 Å². The molecule has 1 aromatic carbocycles. The van der Waals surface area contributed by atoms with Crippen LogP contribution in [0.1, 0.15) is 0 Å². The molecule has 0 saturated heterocycles. The second-order valence-corrected chi connectivity index (χ2v) is 4.55. The minimum absolute atomic E-state index is 0.0472. The highest BCUT2D eigenvalue weighted by Gasteiger charge is 2.10. The molecular formula is C13H8O3S. The summed E-state index contributed by atoms with van der Waals surface area (Å²) in [6, 6.07) is 9.99. The summed E-state index contributed by atoms with van der Waals surface area (Å²) in [5.74, 6) is 0.483.